The van der Waals surface area contributed by atoms with Crippen molar-refractivity contribution in [3.05, 3.63) is 30.1 Å². The Kier molecular flexibility index (Phi) is 8.47. The molecule has 1 aliphatic heterocycles. The highest BCUT2D eigenvalue weighted by Gasteiger charge is 2.16. The lowest BCUT2D eigenvalue weighted by atomic mass is 10.2. The van der Waals surface area contributed by atoms with Crippen molar-refractivity contribution < 1.29 is 4.39 Å². The Labute approximate surface area is 149 Å². The van der Waals surface area contributed by atoms with Gasteiger partial charge in [0.2, 0.25) is 0 Å². The maximum atomic E-state index is 12.9. The van der Waals surface area contributed by atoms with E-state index in [1.54, 1.807) is 7.05 Å². The summed E-state index contributed by atoms with van der Waals surface area (Å²) in [6, 6.07) is 6.75. The van der Waals surface area contributed by atoms with Crippen LogP contribution < -0.4 is 15.5 Å². The van der Waals surface area contributed by atoms with Crippen LogP contribution in [0, 0.1) is 5.82 Å². The topological polar surface area (TPSA) is 42.9 Å². The lowest BCUT2D eigenvalue weighted by Gasteiger charge is -2.36. The zero-order valence-electron chi connectivity index (χ0n) is 13.2. The monoisotopic (exact) mass is 421 g/mol. The number of rotatable bonds is 4. The van der Waals surface area contributed by atoms with Crippen LogP contribution in [0.15, 0.2) is 29.3 Å². The Morgan fingerprint density at radius 1 is 1.18 bits per heavy atom. The maximum Gasteiger partial charge on any atom is 0.190 e. The fourth-order valence-corrected chi connectivity index (χ4v) is 2.49. The molecule has 0 saturated carbocycles. The molecule has 0 atom stereocenters. The van der Waals surface area contributed by atoms with Gasteiger partial charge in [-0.1, -0.05) is 0 Å². The second-order valence-electron chi connectivity index (χ2n) is 5.05. The van der Waals surface area contributed by atoms with E-state index in [-0.39, 0.29) is 29.8 Å². The first-order chi connectivity index (χ1) is 10.2. The molecule has 0 amide bonds. The molecule has 0 aliphatic carbocycles. The van der Waals surface area contributed by atoms with E-state index in [0.29, 0.717) is 0 Å². The fourth-order valence-electron chi connectivity index (χ4n) is 2.49. The zero-order valence-corrected chi connectivity index (χ0v) is 15.5. The van der Waals surface area contributed by atoms with E-state index in [1.807, 2.05) is 19.2 Å². The van der Waals surface area contributed by atoms with Gasteiger partial charge in [0.15, 0.2) is 5.96 Å². The summed E-state index contributed by atoms with van der Waals surface area (Å²) < 4.78 is 12.9. The molecule has 5 nitrogen and oxygen atoms in total. The van der Waals surface area contributed by atoms with Gasteiger partial charge in [-0.05, 0) is 24.3 Å². The third-order valence-electron chi connectivity index (χ3n) is 3.74. The number of guanidine groups is 1. The number of hydrogen-bond donors (Lipinski definition) is 2. The van der Waals surface area contributed by atoms with Gasteiger partial charge < -0.3 is 15.5 Å². The molecule has 0 spiro atoms. The number of benzene rings is 1. The van der Waals surface area contributed by atoms with Crippen LogP contribution in [0.4, 0.5) is 10.1 Å². The van der Waals surface area contributed by atoms with Crippen molar-refractivity contribution in [2.24, 2.45) is 4.99 Å². The first kappa shape index (κ1) is 19.0. The van der Waals surface area contributed by atoms with Gasteiger partial charge in [0.05, 0.1) is 0 Å². The summed E-state index contributed by atoms with van der Waals surface area (Å²) in [7, 11) is 3.62. The second-order valence-corrected chi connectivity index (χ2v) is 5.05. The molecule has 0 aromatic heterocycles. The first-order valence-corrected chi connectivity index (χ1v) is 7.34. The molecular formula is C15H25FIN5. The minimum absolute atomic E-state index is 0. The first-order valence-electron chi connectivity index (χ1n) is 7.34. The predicted molar refractivity (Wildman–Crippen MR) is 101 cm³/mol. The molecule has 22 heavy (non-hydrogen) atoms. The molecule has 2 N–H and O–H groups in total. The quantitative estimate of drug-likeness (QED) is 0.438. The molecule has 1 aromatic rings. The Morgan fingerprint density at radius 2 is 1.82 bits per heavy atom. The Hall–Kier alpha value is -1.09. The number of nitrogens with one attached hydrogen (secondary N) is 2. The van der Waals surface area contributed by atoms with Crippen molar-refractivity contribution in [3.63, 3.8) is 0 Å². The van der Waals surface area contributed by atoms with E-state index in [1.165, 1.54) is 12.1 Å². The normalized spacial score (nSPS) is 16.1. The molecule has 1 heterocycles. The van der Waals surface area contributed by atoms with E-state index >= 15 is 0 Å². The third-order valence-corrected chi connectivity index (χ3v) is 3.74. The Morgan fingerprint density at radius 3 is 2.36 bits per heavy atom. The molecule has 0 bridgehead atoms. The summed E-state index contributed by atoms with van der Waals surface area (Å²) in [4.78, 5) is 8.81. The molecule has 0 unspecified atom stereocenters. The fraction of sp³-hybridized carbons (Fsp3) is 0.533. The summed E-state index contributed by atoms with van der Waals surface area (Å²) in [5, 5.41) is 6.26. The van der Waals surface area contributed by atoms with Gasteiger partial charge in [0, 0.05) is 59.1 Å². The van der Waals surface area contributed by atoms with E-state index in [9.17, 15) is 4.39 Å². The predicted octanol–water partition coefficient (Wildman–Crippen LogP) is 1.36. The van der Waals surface area contributed by atoms with Crippen molar-refractivity contribution >= 4 is 35.6 Å². The molecule has 7 heteroatoms. The lowest BCUT2D eigenvalue weighted by Crippen LogP contribution is -2.49. The van der Waals surface area contributed by atoms with E-state index in [0.717, 1.165) is 50.9 Å². The summed E-state index contributed by atoms with van der Waals surface area (Å²) in [6.07, 6.45) is 0. The van der Waals surface area contributed by atoms with Gasteiger partial charge in [-0.3, -0.25) is 9.89 Å². The SMILES string of the molecule is CN=C(NC)NCCN1CCN(c2ccc(F)cc2)CC1.I. The van der Waals surface area contributed by atoms with Crippen molar-refractivity contribution in [2.45, 2.75) is 0 Å². The second kappa shape index (κ2) is 9.83. The van der Waals surface area contributed by atoms with Gasteiger partial charge in [-0.2, -0.15) is 0 Å². The van der Waals surface area contributed by atoms with Gasteiger partial charge in [0.1, 0.15) is 5.82 Å². The molecule has 1 saturated heterocycles. The maximum absolute atomic E-state index is 12.9. The van der Waals surface area contributed by atoms with Crippen LogP contribution in [0.3, 0.4) is 0 Å². The average Bonchev–Trinajstić information content (AvgIpc) is 2.53. The molecule has 1 aromatic carbocycles. The largest absolute Gasteiger partial charge is 0.369 e. The third kappa shape index (κ3) is 5.60. The summed E-state index contributed by atoms with van der Waals surface area (Å²) >= 11 is 0. The molecule has 1 fully saturated rings. The Balaban J connectivity index is 0.00000242. The molecule has 0 radical (unpaired) electrons. The van der Waals surface area contributed by atoms with Gasteiger partial charge >= 0.3 is 0 Å². The van der Waals surface area contributed by atoms with Crippen molar-refractivity contribution in [1.29, 1.82) is 0 Å². The van der Waals surface area contributed by atoms with Crippen LogP contribution in [0.2, 0.25) is 0 Å². The van der Waals surface area contributed by atoms with Crippen LogP contribution in [0.5, 0.6) is 0 Å². The van der Waals surface area contributed by atoms with E-state index < -0.39 is 0 Å². The van der Waals surface area contributed by atoms with Crippen LogP contribution in [0.25, 0.3) is 0 Å². The highest BCUT2D eigenvalue weighted by Crippen LogP contribution is 2.16. The summed E-state index contributed by atoms with van der Waals surface area (Å²) in [5.74, 6) is 0.640. The number of hydrogen-bond acceptors (Lipinski definition) is 3. The summed E-state index contributed by atoms with van der Waals surface area (Å²) in [6.45, 7) is 5.88. The number of nitrogens with zero attached hydrogens (tertiary/aromatic N) is 3. The van der Waals surface area contributed by atoms with Crippen LogP contribution in [-0.2, 0) is 0 Å². The molecule has 1 aliphatic rings. The van der Waals surface area contributed by atoms with Crippen molar-refractivity contribution in [1.82, 2.24) is 15.5 Å². The zero-order chi connectivity index (χ0) is 15.1. The number of anilines is 1. The van der Waals surface area contributed by atoms with Crippen molar-refractivity contribution in [2.75, 3.05) is 58.3 Å². The van der Waals surface area contributed by atoms with Crippen LogP contribution in [0.1, 0.15) is 0 Å². The molecule has 124 valence electrons. The number of halogens is 2. The van der Waals surface area contributed by atoms with Gasteiger partial charge in [-0.15, -0.1) is 24.0 Å². The lowest BCUT2D eigenvalue weighted by molar-refractivity contribution is 0.261. The van der Waals surface area contributed by atoms with E-state index in [2.05, 4.69) is 25.4 Å². The highest BCUT2D eigenvalue weighted by atomic mass is 127. The minimum atomic E-state index is -0.179. The Bertz CT molecular complexity index is 458. The van der Waals surface area contributed by atoms with Crippen LogP contribution >= 0.6 is 24.0 Å². The standard InChI is InChI=1S/C15H24FN5.HI/c1-17-15(18-2)19-7-8-20-9-11-21(12-10-20)14-5-3-13(16)4-6-14;/h3-6H,7-12H2,1-2H3,(H2,17,18,19);1H. The molecule has 2 rings (SSSR count). The molecular weight excluding hydrogens is 396 g/mol. The number of aliphatic imine (C=N–C) groups is 1. The van der Waals surface area contributed by atoms with Gasteiger partial charge in [0.25, 0.3) is 0 Å². The van der Waals surface area contributed by atoms with E-state index in [4.69, 9.17) is 0 Å². The van der Waals surface area contributed by atoms with Crippen molar-refractivity contribution in [3.8, 4) is 0 Å². The smallest absolute Gasteiger partial charge is 0.190 e. The average molecular weight is 421 g/mol. The minimum Gasteiger partial charge on any atom is -0.369 e. The summed E-state index contributed by atoms with van der Waals surface area (Å²) in [5.41, 5.74) is 1.10. The highest BCUT2D eigenvalue weighted by molar-refractivity contribution is 14.0. The van der Waals surface area contributed by atoms with Crippen LogP contribution in [-0.4, -0.2) is 64.2 Å². The number of piperazine rings is 1. The van der Waals surface area contributed by atoms with Gasteiger partial charge in [-0.25, -0.2) is 4.39 Å².